The second-order valence-electron chi connectivity index (χ2n) is 3.56. The third kappa shape index (κ3) is 2.83. The molecule has 1 aromatic heterocycles. The summed E-state index contributed by atoms with van der Waals surface area (Å²) in [5, 5.41) is 12.7. The van der Waals surface area contributed by atoms with Crippen molar-refractivity contribution >= 4 is 40.4 Å². The molecule has 0 fully saturated rings. The number of nitrogens with one attached hydrogen (secondary N) is 1. The summed E-state index contributed by atoms with van der Waals surface area (Å²) >= 11 is 11.8. The molecule has 0 spiro atoms. The fraction of sp³-hybridized carbons (Fsp3) is 0. The van der Waals surface area contributed by atoms with Gasteiger partial charge in [-0.2, -0.15) is 5.26 Å². The Morgan fingerprint density at radius 3 is 2.39 bits per heavy atom. The van der Waals surface area contributed by atoms with Gasteiger partial charge < -0.3 is 11.1 Å². The van der Waals surface area contributed by atoms with Crippen LogP contribution in [-0.4, -0.2) is 4.98 Å². The topological polar surface area (TPSA) is 74.7 Å². The monoisotopic (exact) mass is 278 g/mol. The first-order chi connectivity index (χ1) is 8.58. The molecular formula is C12H8Cl2N4. The average molecular weight is 279 g/mol. The summed E-state index contributed by atoms with van der Waals surface area (Å²) in [4.78, 5) is 4.06. The highest BCUT2D eigenvalue weighted by Crippen LogP contribution is 2.26. The number of hydrogen-bond donors (Lipinski definition) is 2. The van der Waals surface area contributed by atoms with Gasteiger partial charge in [0.1, 0.15) is 6.07 Å². The Morgan fingerprint density at radius 1 is 1.17 bits per heavy atom. The molecular weight excluding hydrogens is 271 g/mol. The van der Waals surface area contributed by atoms with Gasteiger partial charge in [0.2, 0.25) is 0 Å². The van der Waals surface area contributed by atoms with Crippen molar-refractivity contribution in [2.75, 3.05) is 11.1 Å². The zero-order chi connectivity index (χ0) is 13.1. The van der Waals surface area contributed by atoms with Crippen LogP contribution in [0.4, 0.5) is 17.2 Å². The summed E-state index contributed by atoms with van der Waals surface area (Å²) in [5.41, 5.74) is 7.24. The van der Waals surface area contributed by atoms with Crippen LogP contribution in [0, 0.1) is 11.3 Å². The molecule has 0 aliphatic rings. The van der Waals surface area contributed by atoms with Crippen molar-refractivity contribution in [1.82, 2.24) is 4.98 Å². The molecule has 4 nitrogen and oxygen atoms in total. The van der Waals surface area contributed by atoms with E-state index < -0.39 is 0 Å². The van der Waals surface area contributed by atoms with Crippen molar-refractivity contribution < 1.29 is 0 Å². The third-order valence-electron chi connectivity index (χ3n) is 2.17. The first kappa shape index (κ1) is 12.5. The summed E-state index contributed by atoms with van der Waals surface area (Å²) in [6.07, 6.45) is 1.44. The van der Waals surface area contributed by atoms with Gasteiger partial charge in [-0.25, -0.2) is 4.98 Å². The summed E-state index contributed by atoms with van der Waals surface area (Å²) in [7, 11) is 0. The van der Waals surface area contributed by atoms with E-state index in [1.54, 1.807) is 24.3 Å². The predicted molar refractivity (Wildman–Crippen MR) is 73.1 cm³/mol. The Bertz CT molecular complexity index is 614. The van der Waals surface area contributed by atoms with Gasteiger partial charge in [-0.3, -0.25) is 0 Å². The Balaban J connectivity index is 2.31. The Labute approximate surface area is 114 Å². The van der Waals surface area contributed by atoms with E-state index in [1.165, 1.54) is 6.20 Å². The van der Waals surface area contributed by atoms with Crippen LogP contribution in [0.2, 0.25) is 10.0 Å². The number of aromatic nitrogens is 1. The van der Waals surface area contributed by atoms with Crippen LogP contribution in [0.3, 0.4) is 0 Å². The summed E-state index contributed by atoms with van der Waals surface area (Å²) in [5.74, 6) is 0.451. The molecule has 2 aromatic rings. The number of pyridine rings is 1. The number of nitriles is 1. The van der Waals surface area contributed by atoms with Crippen molar-refractivity contribution in [3.63, 3.8) is 0 Å². The van der Waals surface area contributed by atoms with Crippen LogP contribution in [0.5, 0.6) is 0 Å². The highest BCUT2D eigenvalue weighted by molar-refractivity contribution is 6.35. The van der Waals surface area contributed by atoms with E-state index in [0.717, 1.165) is 0 Å². The van der Waals surface area contributed by atoms with Gasteiger partial charge in [0.05, 0.1) is 11.3 Å². The molecule has 3 N–H and O–H groups in total. The van der Waals surface area contributed by atoms with Gasteiger partial charge >= 0.3 is 0 Å². The third-order valence-corrected chi connectivity index (χ3v) is 2.61. The highest BCUT2D eigenvalue weighted by Gasteiger charge is 2.04. The molecule has 2 rings (SSSR count). The van der Waals surface area contributed by atoms with Gasteiger partial charge in [-0.1, -0.05) is 23.2 Å². The van der Waals surface area contributed by atoms with Gasteiger partial charge in [-0.15, -0.1) is 0 Å². The van der Waals surface area contributed by atoms with E-state index >= 15 is 0 Å². The van der Waals surface area contributed by atoms with Crippen molar-refractivity contribution in [1.29, 1.82) is 5.26 Å². The molecule has 0 aliphatic carbocycles. The average Bonchev–Trinajstić information content (AvgIpc) is 2.30. The van der Waals surface area contributed by atoms with E-state index in [0.29, 0.717) is 32.8 Å². The van der Waals surface area contributed by atoms with Gasteiger partial charge in [0, 0.05) is 21.9 Å². The van der Waals surface area contributed by atoms with Crippen molar-refractivity contribution in [2.45, 2.75) is 0 Å². The molecule has 0 bridgehead atoms. The number of rotatable bonds is 2. The number of hydrogen-bond acceptors (Lipinski definition) is 4. The summed E-state index contributed by atoms with van der Waals surface area (Å²) < 4.78 is 0. The second-order valence-corrected chi connectivity index (χ2v) is 4.43. The van der Waals surface area contributed by atoms with Crippen LogP contribution < -0.4 is 11.1 Å². The number of anilines is 3. The maximum atomic E-state index is 8.71. The minimum atomic E-state index is 0.380. The second kappa shape index (κ2) is 5.13. The lowest BCUT2D eigenvalue weighted by Crippen LogP contribution is -1.99. The molecule has 1 aromatic carbocycles. The van der Waals surface area contributed by atoms with Crippen LogP contribution >= 0.6 is 23.2 Å². The van der Waals surface area contributed by atoms with E-state index in [1.807, 2.05) is 6.07 Å². The predicted octanol–water partition coefficient (Wildman–Crippen LogP) is 3.59. The summed E-state index contributed by atoms with van der Waals surface area (Å²) in [6.45, 7) is 0. The van der Waals surface area contributed by atoms with E-state index in [4.69, 9.17) is 34.2 Å². The molecule has 0 radical (unpaired) electrons. The first-order valence-corrected chi connectivity index (χ1v) is 5.73. The molecule has 90 valence electrons. The van der Waals surface area contributed by atoms with Gasteiger partial charge in [0.15, 0.2) is 5.82 Å². The molecule has 6 heteroatoms. The lowest BCUT2D eigenvalue weighted by molar-refractivity contribution is 1.29. The highest BCUT2D eigenvalue weighted by atomic mass is 35.5. The first-order valence-electron chi connectivity index (χ1n) is 4.97. The normalized spacial score (nSPS) is 9.83. The van der Waals surface area contributed by atoms with E-state index in [2.05, 4.69) is 10.3 Å². The van der Waals surface area contributed by atoms with Crippen LogP contribution in [0.15, 0.2) is 30.5 Å². The van der Waals surface area contributed by atoms with Crippen LogP contribution in [0.25, 0.3) is 0 Å². The van der Waals surface area contributed by atoms with Crippen molar-refractivity contribution in [2.24, 2.45) is 0 Å². The maximum Gasteiger partial charge on any atom is 0.153 e. The minimum absolute atomic E-state index is 0.380. The molecule has 0 unspecified atom stereocenters. The Kier molecular flexibility index (Phi) is 3.56. The number of benzene rings is 1. The standard InChI is InChI=1S/C12H8Cl2N4/c13-8-2-9(14)4-10(3-8)18-12-11(16)1-7(5-15)6-17-12/h1-4,6H,16H2,(H,17,18). The smallest absolute Gasteiger partial charge is 0.153 e. The zero-order valence-corrected chi connectivity index (χ0v) is 10.6. The quantitative estimate of drug-likeness (QED) is 0.880. The number of nitrogens with zero attached hydrogens (tertiary/aromatic N) is 2. The fourth-order valence-corrected chi connectivity index (χ4v) is 1.94. The summed E-state index contributed by atoms with van der Waals surface area (Å²) in [6, 6.07) is 8.54. The SMILES string of the molecule is N#Cc1cnc(Nc2cc(Cl)cc(Cl)c2)c(N)c1. The van der Waals surface area contributed by atoms with Crippen LogP contribution in [0.1, 0.15) is 5.56 Å². The molecule has 18 heavy (non-hydrogen) atoms. The number of nitrogens with two attached hydrogens (primary N) is 1. The van der Waals surface area contributed by atoms with Crippen LogP contribution in [-0.2, 0) is 0 Å². The molecule has 0 atom stereocenters. The molecule has 0 amide bonds. The maximum absolute atomic E-state index is 8.71. The van der Waals surface area contributed by atoms with Crippen molar-refractivity contribution in [3.05, 3.63) is 46.1 Å². The largest absolute Gasteiger partial charge is 0.396 e. The van der Waals surface area contributed by atoms with E-state index in [9.17, 15) is 0 Å². The number of nitrogen functional groups attached to an aromatic ring is 1. The zero-order valence-electron chi connectivity index (χ0n) is 9.11. The lowest BCUT2D eigenvalue weighted by atomic mass is 10.2. The molecule has 0 saturated heterocycles. The van der Waals surface area contributed by atoms with E-state index in [-0.39, 0.29) is 0 Å². The number of halogens is 2. The Hall–Kier alpha value is -1.96. The van der Waals surface area contributed by atoms with Gasteiger partial charge in [-0.05, 0) is 24.3 Å². The van der Waals surface area contributed by atoms with Gasteiger partial charge in [0.25, 0.3) is 0 Å². The molecule has 0 aliphatic heterocycles. The molecule has 0 saturated carbocycles. The lowest BCUT2D eigenvalue weighted by Gasteiger charge is -2.09. The fourth-order valence-electron chi connectivity index (χ4n) is 1.41. The molecule has 1 heterocycles. The minimum Gasteiger partial charge on any atom is -0.396 e. The van der Waals surface area contributed by atoms with Crippen molar-refractivity contribution in [3.8, 4) is 6.07 Å². The Morgan fingerprint density at radius 2 is 1.83 bits per heavy atom.